The molecule has 0 atom stereocenters. The first kappa shape index (κ1) is 29.6. The van der Waals surface area contributed by atoms with Crippen LogP contribution in [0.4, 0.5) is 11.4 Å². The fourth-order valence-electron chi connectivity index (χ4n) is 3.54. The molecule has 7 nitrogen and oxygen atoms in total. The second-order valence-electron chi connectivity index (χ2n) is 8.89. The van der Waals surface area contributed by atoms with Crippen molar-refractivity contribution in [3.8, 4) is 5.75 Å². The van der Waals surface area contributed by atoms with Gasteiger partial charge >= 0.3 is 0 Å². The van der Waals surface area contributed by atoms with Crippen molar-refractivity contribution in [3.05, 3.63) is 81.8 Å². The van der Waals surface area contributed by atoms with Crippen molar-refractivity contribution in [1.29, 1.82) is 0 Å². The van der Waals surface area contributed by atoms with E-state index in [-0.39, 0.29) is 15.9 Å². The van der Waals surface area contributed by atoms with E-state index in [1.54, 1.807) is 42.5 Å². The highest BCUT2D eigenvalue weighted by molar-refractivity contribution is 9.10. The Morgan fingerprint density at radius 1 is 0.921 bits per heavy atom. The Balaban J connectivity index is 1.54. The average Bonchev–Trinajstić information content (AvgIpc) is 2.87. The first-order valence-corrected chi connectivity index (χ1v) is 15.0. The van der Waals surface area contributed by atoms with E-state index in [2.05, 4.69) is 38.2 Å². The molecule has 3 rings (SSSR count). The maximum Gasteiger partial charge on any atom is 0.261 e. The molecular weight excluding hydrogens is 586 g/mol. The van der Waals surface area contributed by atoms with Gasteiger partial charge in [-0.25, -0.2) is 8.42 Å². The summed E-state index contributed by atoms with van der Waals surface area (Å²) >= 11 is 8.73. The highest BCUT2D eigenvalue weighted by Gasteiger charge is 2.15. The van der Waals surface area contributed by atoms with Gasteiger partial charge in [0.15, 0.2) is 5.11 Å². The summed E-state index contributed by atoms with van der Waals surface area (Å²) in [5.74, 6) is 0.301. The van der Waals surface area contributed by atoms with Crippen LogP contribution in [0.2, 0.25) is 0 Å². The van der Waals surface area contributed by atoms with Crippen LogP contribution in [0.1, 0.15) is 54.1 Å². The van der Waals surface area contributed by atoms with Crippen molar-refractivity contribution in [1.82, 2.24) is 5.32 Å². The molecule has 0 heterocycles. The molecule has 0 fully saturated rings. The number of aryl methyl sites for hydroxylation is 2. The fourth-order valence-corrected chi connectivity index (χ4v) is 5.30. The van der Waals surface area contributed by atoms with Crippen molar-refractivity contribution in [3.63, 3.8) is 0 Å². The quantitative estimate of drug-likeness (QED) is 0.159. The van der Waals surface area contributed by atoms with E-state index in [0.717, 1.165) is 24.0 Å². The van der Waals surface area contributed by atoms with Gasteiger partial charge in [-0.1, -0.05) is 32.3 Å². The maximum atomic E-state index is 12.8. The summed E-state index contributed by atoms with van der Waals surface area (Å²) < 4.78 is 34.6. The number of halogens is 1. The van der Waals surface area contributed by atoms with Crippen molar-refractivity contribution in [2.45, 2.75) is 51.3 Å². The topological polar surface area (TPSA) is 96.5 Å². The number of hydrogen-bond acceptors (Lipinski definition) is 5. The first-order valence-electron chi connectivity index (χ1n) is 12.3. The van der Waals surface area contributed by atoms with E-state index in [0.29, 0.717) is 33.8 Å². The van der Waals surface area contributed by atoms with E-state index in [1.807, 2.05) is 19.9 Å². The number of thiocarbonyl (C=S) groups is 1. The maximum absolute atomic E-state index is 12.8. The molecule has 0 radical (unpaired) electrons. The molecule has 202 valence electrons. The van der Waals surface area contributed by atoms with Crippen LogP contribution in [-0.2, 0) is 10.0 Å². The van der Waals surface area contributed by atoms with Crippen LogP contribution in [-0.4, -0.2) is 26.0 Å². The fraction of sp³-hybridized carbons (Fsp3) is 0.286. The van der Waals surface area contributed by atoms with Crippen molar-refractivity contribution in [2.24, 2.45) is 0 Å². The van der Waals surface area contributed by atoms with E-state index >= 15 is 0 Å². The van der Waals surface area contributed by atoms with Crippen LogP contribution in [0.3, 0.4) is 0 Å². The SMILES string of the molecule is CCCCCCOc1ccc(C(=O)NC(=S)Nc2ccc(S(=O)(=O)Nc3ccc(C)c(C)c3)cc2)cc1Br. The normalized spacial score (nSPS) is 11.1. The van der Waals surface area contributed by atoms with Gasteiger partial charge in [0, 0.05) is 16.9 Å². The van der Waals surface area contributed by atoms with E-state index in [9.17, 15) is 13.2 Å². The lowest BCUT2D eigenvalue weighted by atomic mass is 10.1. The number of nitrogens with one attached hydrogen (secondary N) is 3. The summed E-state index contributed by atoms with van der Waals surface area (Å²) in [7, 11) is -3.76. The zero-order valence-corrected chi connectivity index (χ0v) is 24.9. The molecule has 3 aromatic carbocycles. The molecule has 0 aromatic heterocycles. The number of benzene rings is 3. The van der Waals surface area contributed by atoms with Gasteiger partial charge in [0.25, 0.3) is 15.9 Å². The zero-order valence-electron chi connectivity index (χ0n) is 21.6. The molecule has 10 heteroatoms. The predicted octanol–water partition coefficient (Wildman–Crippen LogP) is 6.95. The van der Waals surface area contributed by atoms with Crippen molar-refractivity contribution in [2.75, 3.05) is 16.6 Å². The third-order valence-electron chi connectivity index (χ3n) is 5.86. The molecule has 0 spiro atoms. The van der Waals surface area contributed by atoms with Crippen LogP contribution in [0.15, 0.2) is 70.0 Å². The molecular formula is C28H32BrN3O4S2. The molecule has 0 bridgehead atoms. The zero-order chi connectivity index (χ0) is 27.7. The smallest absolute Gasteiger partial charge is 0.261 e. The van der Waals surface area contributed by atoms with Gasteiger partial charge < -0.3 is 10.1 Å². The Bertz CT molecular complexity index is 1390. The number of unbranched alkanes of at least 4 members (excludes halogenated alkanes) is 3. The standard InChI is InChI=1S/C28H32BrN3O4S2/c1-4-5-6-7-16-36-26-15-9-21(18-25(26)29)27(33)31-28(37)30-22-11-13-24(14-12-22)38(34,35)32-23-10-8-19(2)20(3)17-23/h8-15,17-18,32H,4-7,16H2,1-3H3,(H2,30,31,33,37). The molecule has 1 amide bonds. The molecule has 3 aromatic rings. The summed E-state index contributed by atoms with van der Waals surface area (Å²) in [5, 5.41) is 5.63. The second kappa shape index (κ2) is 13.7. The Morgan fingerprint density at radius 2 is 1.63 bits per heavy atom. The number of sulfonamides is 1. The number of anilines is 2. The summed E-state index contributed by atoms with van der Waals surface area (Å²) in [4.78, 5) is 12.8. The minimum Gasteiger partial charge on any atom is -0.492 e. The van der Waals surface area contributed by atoms with Crippen LogP contribution >= 0.6 is 28.1 Å². The van der Waals surface area contributed by atoms with Gasteiger partial charge in [0.05, 0.1) is 16.0 Å². The Hall–Kier alpha value is -2.95. The molecule has 0 saturated heterocycles. The van der Waals surface area contributed by atoms with E-state index < -0.39 is 10.0 Å². The summed E-state index contributed by atoms with van der Waals surface area (Å²) in [5.41, 5.74) is 3.53. The summed E-state index contributed by atoms with van der Waals surface area (Å²) in [6.45, 7) is 6.68. The van der Waals surface area contributed by atoms with Gasteiger partial charge in [-0.3, -0.25) is 14.8 Å². The highest BCUT2D eigenvalue weighted by atomic mass is 79.9. The van der Waals surface area contributed by atoms with Crippen LogP contribution in [0.5, 0.6) is 5.75 Å². The van der Waals surface area contributed by atoms with Crippen molar-refractivity contribution < 1.29 is 17.9 Å². The predicted molar refractivity (Wildman–Crippen MR) is 161 cm³/mol. The molecule has 38 heavy (non-hydrogen) atoms. The van der Waals surface area contributed by atoms with Gasteiger partial charge in [0.1, 0.15) is 5.75 Å². The third-order valence-corrected chi connectivity index (χ3v) is 8.08. The molecule has 0 aliphatic carbocycles. The number of rotatable bonds is 11. The monoisotopic (exact) mass is 617 g/mol. The van der Waals surface area contributed by atoms with Crippen LogP contribution < -0.4 is 20.1 Å². The molecule has 0 unspecified atom stereocenters. The number of amides is 1. The number of ether oxygens (including phenoxy) is 1. The third kappa shape index (κ3) is 8.54. The van der Waals surface area contributed by atoms with E-state index in [4.69, 9.17) is 17.0 Å². The van der Waals surface area contributed by atoms with Gasteiger partial charge in [-0.2, -0.15) is 0 Å². The second-order valence-corrected chi connectivity index (χ2v) is 11.8. The van der Waals surface area contributed by atoms with Crippen LogP contribution in [0, 0.1) is 13.8 Å². The highest BCUT2D eigenvalue weighted by Crippen LogP contribution is 2.26. The van der Waals surface area contributed by atoms with Gasteiger partial charge in [0.2, 0.25) is 0 Å². The average molecular weight is 619 g/mol. The lowest BCUT2D eigenvalue weighted by Gasteiger charge is -2.13. The first-order chi connectivity index (χ1) is 18.1. The van der Waals surface area contributed by atoms with E-state index in [1.165, 1.54) is 25.0 Å². The van der Waals surface area contributed by atoms with Crippen LogP contribution in [0.25, 0.3) is 0 Å². The lowest BCUT2D eigenvalue weighted by molar-refractivity contribution is 0.0977. The number of carbonyl (C=O) groups excluding carboxylic acids is 1. The van der Waals surface area contributed by atoms with Gasteiger partial charge in [-0.05, 0) is 114 Å². The lowest BCUT2D eigenvalue weighted by Crippen LogP contribution is -2.34. The molecule has 0 aliphatic heterocycles. The minimum absolute atomic E-state index is 0.0891. The Morgan fingerprint density at radius 3 is 2.29 bits per heavy atom. The largest absolute Gasteiger partial charge is 0.492 e. The van der Waals surface area contributed by atoms with Gasteiger partial charge in [-0.15, -0.1) is 0 Å². The number of carbonyl (C=O) groups is 1. The summed E-state index contributed by atoms with van der Waals surface area (Å²) in [6, 6.07) is 16.6. The Kier molecular flexibility index (Phi) is 10.7. The molecule has 0 saturated carbocycles. The summed E-state index contributed by atoms with van der Waals surface area (Å²) in [6.07, 6.45) is 4.47. The molecule has 3 N–H and O–H groups in total. The van der Waals surface area contributed by atoms with Crippen molar-refractivity contribution >= 4 is 60.6 Å². The number of hydrogen-bond donors (Lipinski definition) is 3. The minimum atomic E-state index is -3.76. The Labute approximate surface area is 238 Å². The molecule has 0 aliphatic rings.